The molecule has 13 heavy (non-hydrogen) atoms. The second kappa shape index (κ2) is 3.42. The Bertz CT molecular complexity index is 454. The average Bonchev–Trinajstić information content (AvgIpc) is 2.47. The van der Waals surface area contributed by atoms with Crippen molar-refractivity contribution >= 4 is 50.4 Å². The topological polar surface area (TPSA) is 30.2 Å². The molecule has 0 saturated carbocycles. The third-order valence-electron chi connectivity index (χ3n) is 1.82. The van der Waals surface area contributed by atoms with Gasteiger partial charge in [-0.1, -0.05) is 6.82 Å². The third-order valence-corrected chi connectivity index (χ3v) is 2.79. The zero-order valence-corrected chi connectivity index (χ0v) is 10.1. The quantitative estimate of drug-likeness (QED) is 0.745. The van der Waals surface area contributed by atoms with E-state index in [0.29, 0.717) is 0 Å². The van der Waals surface area contributed by atoms with Crippen LogP contribution in [0.2, 0.25) is 6.82 Å². The molecule has 0 spiro atoms. The van der Waals surface area contributed by atoms with Gasteiger partial charge in [-0.3, -0.25) is 9.38 Å². The summed E-state index contributed by atoms with van der Waals surface area (Å²) in [7, 11) is 0.881. The lowest BCUT2D eigenvalue weighted by Gasteiger charge is -2.01. The van der Waals surface area contributed by atoms with E-state index in [1.54, 1.807) is 6.20 Å². The lowest BCUT2D eigenvalue weighted by Crippen LogP contribution is -2.19. The molecule has 0 unspecified atom stereocenters. The van der Waals surface area contributed by atoms with E-state index < -0.39 is 0 Å². The van der Waals surface area contributed by atoms with Crippen LogP contribution in [0.25, 0.3) is 5.65 Å². The first-order valence-corrected chi connectivity index (χ1v) is 5.49. The highest BCUT2D eigenvalue weighted by molar-refractivity contribution is 9.10. The Morgan fingerprint density at radius 1 is 1.46 bits per heavy atom. The normalized spacial score (nSPS) is 10.7. The number of nitrogens with zero attached hydrogens (tertiary/aromatic N) is 3. The van der Waals surface area contributed by atoms with Crippen molar-refractivity contribution < 1.29 is 0 Å². The second-order valence-corrected chi connectivity index (χ2v) is 4.26. The van der Waals surface area contributed by atoms with Crippen LogP contribution >= 0.6 is 31.9 Å². The molecule has 2 rings (SSSR count). The maximum atomic E-state index is 4.35. The van der Waals surface area contributed by atoms with Gasteiger partial charge in [-0.2, -0.15) is 0 Å². The van der Waals surface area contributed by atoms with Gasteiger partial charge in [0.1, 0.15) is 14.9 Å². The highest BCUT2D eigenvalue weighted by atomic mass is 79.9. The van der Waals surface area contributed by atoms with Crippen LogP contribution < -0.4 is 5.59 Å². The molecule has 2 aromatic heterocycles. The van der Waals surface area contributed by atoms with Crippen LogP contribution in [-0.2, 0) is 0 Å². The molecule has 0 amide bonds. The molecule has 0 N–H and O–H groups in total. The fourth-order valence-corrected chi connectivity index (χ4v) is 2.02. The second-order valence-electron chi connectivity index (χ2n) is 2.64. The van der Waals surface area contributed by atoms with Gasteiger partial charge in [-0.25, -0.2) is 4.98 Å². The molecule has 2 aromatic rings. The van der Waals surface area contributed by atoms with E-state index in [4.69, 9.17) is 0 Å². The van der Waals surface area contributed by atoms with Crippen LogP contribution in [-0.4, -0.2) is 21.6 Å². The fraction of sp³-hybridized carbons (Fsp3) is 0.143. The summed E-state index contributed by atoms with van der Waals surface area (Å²) in [6, 6.07) is 0. The zero-order chi connectivity index (χ0) is 9.42. The van der Waals surface area contributed by atoms with Crippen molar-refractivity contribution in [1.29, 1.82) is 0 Å². The Kier molecular flexibility index (Phi) is 2.42. The standard InChI is InChI=1S/C7H6BBr2N3/c1-8-6-7-11-2-5(10)13(7)3-4(9)12-6/h2-3,8H,1H3. The van der Waals surface area contributed by atoms with Crippen molar-refractivity contribution in [3.05, 3.63) is 21.6 Å². The van der Waals surface area contributed by atoms with Crippen molar-refractivity contribution in [3.63, 3.8) is 0 Å². The van der Waals surface area contributed by atoms with Crippen molar-refractivity contribution in [2.45, 2.75) is 6.82 Å². The van der Waals surface area contributed by atoms with Crippen LogP contribution in [0.3, 0.4) is 0 Å². The number of rotatable bonds is 1. The lowest BCUT2D eigenvalue weighted by molar-refractivity contribution is 1.10. The molecule has 0 aliphatic carbocycles. The monoisotopic (exact) mass is 301 g/mol. The van der Waals surface area contributed by atoms with Gasteiger partial charge in [0.25, 0.3) is 0 Å². The van der Waals surface area contributed by atoms with E-state index in [1.165, 1.54) is 0 Å². The Balaban J connectivity index is 2.84. The summed E-state index contributed by atoms with van der Waals surface area (Å²) in [5.74, 6) is 0. The summed E-state index contributed by atoms with van der Waals surface area (Å²) >= 11 is 6.78. The minimum absolute atomic E-state index is 0.829. The van der Waals surface area contributed by atoms with Gasteiger partial charge in [-0.15, -0.1) is 0 Å². The highest BCUT2D eigenvalue weighted by Gasteiger charge is 2.07. The molecule has 0 fully saturated rings. The Morgan fingerprint density at radius 2 is 2.23 bits per heavy atom. The fourth-order valence-electron chi connectivity index (χ4n) is 1.23. The summed E-state index contributed by atoms with van der Waals surface area (Å²) < 4.78 is 3.74. The summed E-state index contributed by atoms with van der Waals surface area (Å²) in [5, 5.41) is 0. The number of fused-ring (bicyclic) bond motifs is 1. The Labute approximate surface area is 93.1 Å². The van der Waals surface area contributed by atoms with Crippen molar-refractivity contribution in [3.8, 4) is 0 Å². The predicted molar refractivity (Wildman–Crippen MR) is 61.0 cm³/mol. The van der Waals surface area contributed by atoms with Crippen LogP contribution in [0.15, 0.2) is 21.6 Å². The minimum Gasteiger partial charge on any atom is -0.291 e. The van der Waals surface area contributed by atoms with Crippen LogP contribution in [0.4, 0.5) is 0 Å². The van der Waals surface area contributed by atoms with Gasteiger partial charge in [0.2, 0.25) is 0 Å². The molecular formula is C7H6BBr2N3. The first-order chi connectivity index (χ1) is 6.22. The number of hydrogen-bond donors (Lipinski definition) is 0. The summed E-state index contributed by atoms with van der Waals surface area (Å²) in [5.41, 5.74) is 1.91. The van der Waals surface area contributed by atoms with Crippen molar-refractivity contribution in [2.75, 3.05) is 0 Å². The van der Waals surface area contributed by atoms with Gasteiger partial charge >= 0.3 is 0 Å². The van der Waals surface area contributed by atoms with Crippen LogP contribution in [0.1, 0.15) is 0 Å². The molecule has 0 bridgehead atoms. The zero-order valence-electron chi connectivity index (χ0n) is 6.96. The molecule has 0 aliphatic rings. The molecule has 2 heterocycles. The molecule has 0 saturated heterocycles. The largest absolute Gasteiger partial charge is 0.291 e. The van der Waals surface area contributed by atoms with E-state index in [1.807, 2.05) is 10.6 Å². The molecule has 0 radical (unpaired) electrons. The smallest absolute Gasteiger partial charge is 0.184 e. The van der Waals surface area contributed by atoms with E-state index in [-0.39, 0.29) is 0 Å². The summed E-state index contributed by atoms with van der Waals surface area (Å²) in [6.07, 6.45) is 3.67. The maximum Gasteiger partial charge on any atom is 0.184 e. The SMILES string of the molecule is CBc1nc(Br)cn2c(Br)cnc12. The highest BCUT2D eigenvalue weighted by Crippen LogP contribution is 2.13. The third kappa shape index (κ3) is 1.53. The van der Waals surface area contributed by atoms with Gasteiger partial charge in [0.05, 0.1) is 6.20 Å². The first kappa shape index (κ1) is 9.21. The van der Waals surface area contributed by atoms with E-state index >= 15 is 0 Å². The van der Waals surface area contributed by atoms with E-state index in [2.05, 4.69) is 48.7 Å². The lowest BCUT2D eigenvalue weighted by atomic mass is 9.78. The van der Waals surface area contributed by atoms with Crippen molar-refractivity contribution in [1.82, 2.24) is 14.4 Å². The average molecular weight is 303 g/mol. The van der Waals surface area contributed by atoms with Crippen LogP contribution in [0, 0.1) is 0 Å². The number of imidazole rings is 1. The molecule has 6 heteroatoms. The summed E-state index contributed by atoms with van der Waals surface area (Å²) in [6.45, 7) is 2.07. The first-order valence-electron chi connectivity index (χ1n) is 3.90. The molecule has 66 valence electrons. The maximum absolute atomic E-state index is 4.35. The van der Waals surface area contributed by atoms with Gasteiger partial charge in [0.15, 0.2) is 7.28 Å². The number of halogens is 2. The summed E-state index contributed by atoms with van der Waals surface area (Å²) in [4.78, 5) is 8.61. The van der Waals surface area contributed by atoms with Gasteiger partial charge < -0.3 is 0 Å². The Morgan fingerprint density at radius 3 is 2.92 bits per heavy atom. The molecular weight excluding hydrogens is 297 g/mol. The molecule has 0 atom stereocenters. The van der Waals surface area contributed by atoms with Crippen LogP contribution in [0.5, 0.6) is 0 Å². The van der Waals surface area contributed by atoms with Crippen molar-refractivity contribution in [2.24, 2.45) is 0 Å². The molecule has 0 aromatic carbocycles. The Hall–Kier alpha value is -0.355. The van der Waals surface area contributed by atoms with Gasteiger partial charge in [0, 0.05) is 11.8 Å². The van der Waals surface area contributed by atoms with E-state index in [9.17, 15) is 0 Å². The molecule has 3 nitrogen and oxygen atoms in total. The van der Waals surface area contributed by atoms with Gasteiger partial charge in [-0.05, 0) is 31.9 Å². The molecule has 0 aliphatic heterocycles. The van der Waals surface area contributed by atoms with E-state index in [0.717, 1.165) is 27.7 Å². The number of hydrogen-bond acceptors (Lipinski definition) is 2. The minimum atomic E-state index is 0.829. The predicted octanol–water partition coefficient (Wildman–Crippen LogP) is 1.36. The number of aromatic nitrogens is 3.